The number of benzene rings is 2. The van der Waals surface area contributed by atoms with Crippen molar-refractivity contribution in [2.45, 2.75) is 6.54 Å². The average Bonchev–Trinajstić information content (AvgIpc) is 2.61. The fraction of sp³-hybridized carbons (Fsp3) is 0.0526. The number of nitrogens with zero attached hydrogens (tertiary/aromatic N) is 1. The molecule has 3 rings (SSSR count). The minimum Gasteiger partial charge on any atom is -0.618 e. The van der Waals surface area contributed by atoms with Gasteiger partial charge in [-0.05, 0) is 41.5 Å². The van der Waals surface area contributed by atoms with Gasteiger partial charge in [-0.15, -0.1) is 0 Å². The molecule has 120 valence electrons. The van der Waals surface area contributed by atoms with E-state index in [1.165, 1.54) is 18.3 Å². The highest BCUT2D eigenvalue weighted by atomic mass is 19.1. The van der Waals surface area contributed by atoms with Gasteiger partial charge in [0.15, 0.2) is 6.20 Å². The molecule has 0 saturated heterocycles. The van der Waals surface area contributed by atoms with Gasteiger partial charge < -0.3 is 10.5 Å². The maximum atomic E-state index is 13.0. The Balaban J connectivity index is 1.75. The topological polar surface area (TPSA) is 56.0 Å². The lowest BCUT2D eigenvalue weighted by Gasteiger charge is -2.08. The van der Waals surface area contributed by atoms with Crippen LogP contribution in [0.1, 0.15) is 16.1 Å². The number of rotatable bonds is 4. The molecule has 0 atom stereocenters. The smallest absolute Gasteiger partial charge is 0.251 e. The Kier molecular flexibility index (Phi) is 4.52. The van der Waals surface area contributed by atoms with Crippen LogP contribution in [0.25, 0.3) is 11.1 Å². The van der Waals surface area contributed by atoms with Crippen LogP contribution in [0.5, 0.6) is 0 Å². The third kappa shape index (κ3) is 3.57. The zero-order valence-electron chi connectivity index (χ0n) is 12.8. The summed E-state index contributed by atoms with van der Waals surface area (Å²) >= 11 is 0. The monoisotopic (exact) mass is 322 g/mol. The van der Waals surface area contributed by atoms with Gasteiger partial charge in [-0.2, -0.15) is 4.73 Å². The van der Waals surface area contributed by atoms with Crippen LogP contribution in [0.15, 0.2) is 72.9 Å². The molecule has 2 aromatic carbocycles. The van der Waals surface area contributed by atoms with Gasteiger partial charge in [-0.3, -0.25) is 4.79 Å². The predicted octanol–water partition coefficient (Wildman–Crippen LogP) is 3.06. The van der Waals surface area contributed by atoms with E-state index < -0.39 is 0 Å². The number of carbonyl (C=O) groups excluding carboxylic acids is 1. The average molecular weight is 322 g/mol. The standard InChI is InChI=1S/C19H15FN2O2/c20-17-9-7-14(8-10-17)15-4-3-5-16(12-15)19(23)21-13-18-6-1-2-11-22(18)24/h1-12H,13H2,(H,21,23). The number of amides is 1. The highest BCUT2D eigenvalue weighted by Gasteiger charge is 2.10. The van der Waals surface area contributed by atoms with Gasteiger partial charge in [0.05, 0.1) is 0 Å². The Morgan fingerprint density at radius 2 is 1.79 bits per heavy atom. The summed E-state index contributed by atoms with van der Waals surface area (Å²) in [5.41, 5.74) is 2.58. The fourth-order valence-electron chi connectivity index (χ4n) is 2.36. The molecule has 0 saturated carbocycles. The molecule has 1 amide bonds. The molecular formula is C19H15FN2O2. The van der Waals surface area contributed by atoms with E-state index in [1.807, 2.05) is 6.07 Å². The number of carbonyl (C=O) groups is 1. The van der Waals surface area contributed by atoms with Gasteiger partial charge in [0.25, 0.3) is 5.91 Å². The van der Waals surface area contributed by atoms with Crippen LogP contribution >= 0.6 is 0 Å². The molecule has 1 heterocycles. The summed E-state index contributed by atoms with van der Waals surface area (Å²) in [5, 5.41) is 14.3. The van der Waals surface area contributed by atoms with Crippen molar-refractivity contribution in [3.63, 3.8) is 0 Å². The van der Waals surface area contributed by atoms with Crippen molar-refractivity contribution in [2.75, 3.05) is 0 Å². The SMILES string of the molecule is O=C(NCc1cccc[n+]1[O-])c1cccc(-c2ccc(F)cc2)c1. The lowest BCUT2D eigenvalue weighted by Crippen LogP contribution is -2.35. The van der Waals surface area contributed by atoms with E-state index in [0.717, 1.165) is 15.9 Å². The Morgan fingerprint density at radius 1 is 1.00 bits per heavy atom. The van der Waals surface area contributed by atoms with Crippen molar-refractivity contribution in [3.05, 3.63) is 95.2 Å². The van der Waals surface area contributed by atoms with Crippen LogP contribution < -0.4 is 10.0 Å². The second kappa shape index (κ2) is 6.91. The van der Waals surface area contributed by atoms with Gasteiger partial charge >= 0.3 is 0 Å². The Labute approximate surface area is 138 Å². The van der Waals surface area contributed by atoms with Crippen molar-refractivity contribution in [2.24, 2.45) is 0 Å². The van der Waals surface area contributed by atoms with Crippen molar-refractivity contribution in [1.82, 2.24) is 5.32 Å². The van der Waals surface area contributed by atoms with Crippen LogP contribution in [-0.4, -0.2) is 5.91 Å². The van der Waals surface area contributed by atoms with Crippen molar-refractivity contribution >= 4 is 5.91 Å². The summed E-state index contributed by atoms with van der Waals surface area (Å²) in [6.45, 7) is 0.143. The molecule has 4 nitrogen and oxygen atoms in total. The van der Waals surface area contributed by atoms with Crippen molar-refractivity contribution < 1.29 is 13.9 Å². The van der Waals surface area contributed by atoms with Crippen LogP contribution in [0.4, 0.5) is 4.39 Å². The maximum absolute atomic E-state index is 13.0. The molecule has 0 bridgehead atoms. The quantitative estimate of drug-likeness (QED) is 0.593. The van der Waals surface area contributed by atoms with Crippen molar-refractivity contribution in [1.29, 1.82) is 0 Å². The predicted molar refractivity (Wildman–Crippen MR) is 88.4 cm³/mol. The van der Waals surface area contributed by atoms with E-state index in [-0.39, 0.29) is 18.3 Å². The normalized spacial score (nSPS) is 10.4. The summed E-state index contributed by atoms with van der Waals surface area (Å²) in [6, 6.07) is 18.2. The third-order valence-electron chi connectivity index (χ3n) is 3.64. The summed E-state index contributed by atoms with van der Waals surface area (Å²) < 4.78 is 13.7. The second-order valence-corrected chi connectivity index (χ2v) is 5.29. The summed E-state index contributed by atoms with van der Waals surface area (Å²) in [6.07, 6.45) is 1.39. The molecule has 0 radical (unpaired) electrons. The molecule has 1 aromatic heterocycles. The molecule has 1 N–H and O–H groups in total. The molecule has 3 aromatic rings. The molecule has 5 heteroatoms. The largest absolute Gasteiger partial charge is 0.618 e. The molecule has 0 spiro atoms. The first-order chi connectivity index (χ1) is 11.6. The van der Waals surface area contributed by atoms with Gasteiger partial charge in [0.1, 0.15) is 12.4 Å². The van der Waals surface area contributed by atoms with Crippen LogP contribution in [0.2, 0.25) is 0 Å². The van der Waals surface area contributed by atoms with Crippen LogP contribution in [0, 0.1) is 11.0 Å². The first-order valence-electron chi connectivity index (χ1n) is 7.45. The lowest BCUT2D eigenvalue weighted by atomic mass is 10.0. The number of halogens is 1. The number of pyridine rings is 1. The van der Waals surface area contributed by atoms with Gasteiger partial charge in [-0.25, -0.2) is 4.39 Å². The zero-order chi connectivity index (χ0) is 16.9. The molecule has 0 aliphatic carbocycles. The highest BCUT2D eigenvalue weighted by molar-refractivity contribution is 5.95. The summed E-state index contributed by atoms with van der Waals surface area (Å²) in [7, 11) is 0. The van der Waals surface area contributed by atoms with E-state index in [1.54, 1.807) is 48.5 Å². The molecule has 0 unspecified atom stereocenters. The maximum Gasteiger partial charge on any atom is 0.251 e. The lowest BCUT2D eigenvalue weighted by molar-refractivity contribution is -0.614. The van der Waals surface area contributed by atoms with Crippen LogP contribution in [0.3, 0.4) is 0 Å². The van der Waals surface area contributed by atoms with E-state index in [0.29, 0.717) is 11.3 Å². The van der Waals surface area contributed by atoms with Gasteiger partial charge in [0.2, 0.25) is 5.69 Å². The number of hydrogen-bond donors (Lipinski definition) is 1. The summed E-state index contributed by atoms with van der Waals surface area (Å²) in [5.74, 6) is -0.579. The zero-order valence-corrected chi connectivity index (χ0v) is 12.8. The van der Waals surface area contributed by atoms with E-state index >= 15 is 0 Å². The number of nitrogens with one attached hydrogen (secondary N) is 1. The molecule has 0 fully saturated rings. The number of hydrogen-bond acceptors (Lipinski definition) is 2. The highest BCUT2D eigenvalue weighted by Crippen LogP contribution is 2.20. The second-order valence-electron chi connectivity index (χ2n) is 5.29. The Bertz CT molecular complexity index is 863. The minimum absolute atomic E-state index is 0.143. The molecule has 0 aliphatic heterocycles. The van der Waals surface area contributed by atoms with Crippen LogP contribution in [-0.2, 0) is 6.54 Å². The molecular weight excluding hydrogens is 307 g/mol. The molecule has 0 aliphatic rings. The van der Waals surface area contributed by atoms with E-state index in [2.05, 4.69) is 5.32 Å². The van der Waals surface area contributed by atoms with Crippen molar-refractivity contribution in [3.8, 4) is 11.1 Å². The molecule has 24 heavy (non-hydrogen) atoms. The minimum atomic E-state index is -0.304. The number of aromatic nitrogens is 1. The van der Waals surface area contributed by atoms with E-state index in [4.69, 9.17) is 0 Å². The van der Waals surface area contributed by atoms with Gasteiger partial charge in [0, 0.05) is 17.7 Å². The van der Waals surface area contributed by atoms with E-state index in [9.17, 15) is 14.4 Å². The first-order valence-corrected chi connectivity index (χ1v) is 7.45. The third-order valence-corrected chi connectivity index (χ3v) is 3.64. The first kappa shape index (κ1) is 15.7. The fourth-order valence-corrected chi connectivity index (χ4v) is 2.36. The Morgan fingerprint density at radius 3 is 2.54 bits per heavy atom. The van der Waals surface area contributed by atoms with Gasteiger partial charge in [-0.1, -0.05) is 24.3 Å². The Hall–Kier alpha value is -3.21. The summed E-state index contributed by atoms with van der Waals surface area (Å²) in [4.78, 5) is 12.3.